The van der Waals surface area contributed by atoms with Gasteiger partial charge in [-0.2, -0.15) is 0 Å². The predicted octanol–water partition coefficient (Wildman–Crippen LogP) is 1.82. The van der Waals surface area contributed by atoms with Gasteiger partial charge in [0.25, 0.3) is 0 Å². The van der Waals surface area contributed by atoms with E-state index in [2.05, 4.69) is 15.5 Å². The molecule has 0 saturated carbocycles. The average Bonchev–Trinajstić information content (AvgIpc) is 3.15. The fourth-order valence-electron chi connectivity index (χ4n) is 2.45. The van der Waals surface area contributed by atoms with Crippen LogP contribution in [0.15, 0.2) is 24.3 Å². The number of anilines is 2. The first-order valence-corrected chi connectivity index (χ1v) is 8.06. The fourth-order valence-corrected chi connectivity index (χ4v) is 3.16. The van der Waals surface area contributed by atoms with E-state index in [0.717, 1.165) is 0 Å². The molecule has 1 N–H and O–H groups in total. The molecule has 9 heteroatoms. The summed E-state index contributed by atoms with van der Waals surface area (Å²) in [6, 6.07) is 5.62. The highest BCUT2D eigenvalue weighted by atomic mass is 32.1. The normalized spacial score (nSPS) is 17.3. The molecule has 0 unspecified atom stereocenters. The van der Waals surface area contributed by atoms with Crippen LogP contribution in [-0.2, 0) is 20.9 Å². The number of amides is 2. The van der Waals surface area contributed by atoms with E-state index in [1.807, 2.05) is 0 Å². The Morgan fingerprint density at radius 2 is 2.17 bits per heavy atom. The van der Waals surface area contributed by atoms with Gasteiger partial charge in [0, 0.05) is 25.8 Å². The Balaban J connectivity index is 1.64. The van der Waals surface area contributed by atoms with Gasteiger partial charge in [-0.05, 0) is 24.3 Å². The summed E-state index contributed by atoms with van der Waals surface area (Å²) < 4.78 is 17.9. The van der Waals surface area contributed by atoms with Gasteiger partial charge in [-0.3, -0.25) is 9.59 Å². The van der Waals surface area contributed by atoms with Crippen LogP contribution in [0.2, 0.25) is 0 Å². The van der Waals surface area contributed by atoms with E-state index in [1.165, 1.54) is 40.5 Å². The van der Waals surface area contributed by atoms with Crippen LogP contribution in [-0.4, -0.2) is 35.7 Å². The highest BCUT2D eigenvalue weighted by molar-refractivity contribution is 7.15. The van der Waals surface area contributed by atoms with Crippen molar-refractivity contribution in [3.63, 3.8) is 0 Å². The molecular formula is C15H15FN4O3S. The molecule has 126 valence electrons. The van der Waals surface area contributed by atoms with E-state index in [0.29, 0.717) is 22.4 Å². The molecule has 1 aliphatic rings. The van der Waals surface area contributed by atoms with Crippen LogP contribution < -0.4 is 10.2 Å². The van der Waals surface area contributed by atoms with E-state index < -0.39 is 5.92 Å². The maximum atomic E-state index is 13.0. The third-order valence-corrected chi connectivity index (χ3v) is 4.41. The second kappa shape index (κ2) is 7.02. The Hall–Kier alpha value is -2.39. The van der Waals surface area contributed by atoms with E-state index in [-0.39, 0.29) is 30.6 Å². The zero-order valence-electron chi connectivity index (χ0n) is 12.9. The molecule has 0 spiro atoms. The van der Waals surface area contributed by atoms with Gasteiger partial charge in [0.05, 0.1) is 5.92 Å². The lowest BCUT2D eigenvalue weighted by molar-refractivity contribution is -0.122. The number of carbonyl (C=O) groups excluding carboxylic acids is 2. The minimum atomic E-state index is -0.489. The van der Waals surface area contributed by atoms with Crippen LogP contribution in [0.3, 0.4) is 0 Å². The number of rotatable bonds is 5. The Bertz CT molecular complexity index is 749. The Morgan fingerprint density at radius 3 is 2.88 bits per heavy atom. The van der Waals surface area contributed by atoms with Crippen LogP contribution in [0.5, 0.6) is 0 Å². The van der Waals surface area contributed by atoms with Crippen molar-refractivity contribution in [2.75, 3.05) is 23.9 Å². The van der Waals surface area contributed by atoms with Gasteiger partial charge >= 0.3 is 0 Å². The lowest BCUT2D eigenvalue weighted by Crippen LogP contribution is -2.28. The minimum absolute atomic E-state index is 0.104. The van der Waals surface area contributed by atoms with E-state index in [9.17, 15) is 14.0 Å². The second-order valence-electron chi connectivity index (χ2n) is 5.31. The molecular weight excluding hydrogens is 335 g/mol. The molecule has 1 fully saturated rings. The number of aromatic nitrogens is 2. The summed E-state index contributed by atoms with van der Waals surface area (Å²) in [6.07, 6.45) is 0.104. The second-order valence-corrected chi connectivity index (χ2v) is 6.37. The van der Waals surface area contributed by atoms with Crippen molar-refractivity contribution in [2.45, 2.75) is 13.0 Å². The Morgan fingerprint density at radius 1 is 1.42 bits per heavy atom. The Kier molecular flexibility index (Phi) is 4.81. The van der Waals surface area contributed by atoms with E-state index in [4.69, 9.17) is 4.74 Å². The monoisotopic (exact) mass is 350 g/mol. The molecule has 1 aromatic carbocycles. The zero-order chi connectivity index (χ0) is 17.1. The van der Waals surface area contributed by atoms with Crippen molar-refractivity contribution in [3.05, 3.63) is 35.1 Å². The first-order valence-electron chi connectivity index (χ1n) is 7.25. The van der Waals surface area contributed by atoms with E-state index >= 15 is 0 Å². The average molecular weight is 350 g/mol. The number of halogens is 1. The molecule has 1 aromatic heterocycles. The largest absolute Gasteiger partial charge is 0.377 e. The SMILES string of the molecule is COCc1nnc(NC(=O)[C@H]2CC(=O)N(c3ccc(F)cc3)C2)s1. The molecule has 3 rings (SSSR count). The number of carbonyl (C=O) groups is 2. The van der Waals surface area contributed by atoms with Gasteiger partial charge in [0.2, 0.25) is 16.9 Å². The molecule has 1 atom stereocenters. The van der Waals surface area contributed by atoms with Crippen molar-refractivity contribution in [3.8, 4) is 0 Å². The van der Waals surface area contributed by atoms with Gasteiger partial charge in [0.15, 0.2) is 0 Å². The first kappa shape index (κ1) is 16.5. The highest BCUT2D eigenvalue weighted by Gasteiger charge is 2.35. The summed E-state index contributed by atoms with van der Waals surface area (Å²) in [6.45, 7) is 0.577. The van der Waals surface area contributed by atoms with Crippen molar-refractivity contribution < 1.29 is 18.7 Å². The number of nitrogens with zero attached hydrogens (tertiary/aromatic N) is 3. The van der Waals surface area contributed by atoms with Gasteiger partial charge in [-0.1, -0.05) is 11.3 Å². The summed E-state index contributed by atoms with van der Waals surface area (Å²) in [5.41, 5.74) is 0.579. The van der Waals surface area contributed by atoms with Gasteiger partial charge in [-0.25, -0.2) is 4.39 Å². The quantitative estimate of drug-likeness (QED) is 0.889. The van der Waals surface area contributed by atoms with Gasteiger partial charge in [-0.15, -0.1) is 10.2 Å². The molecule has 2 aromatic rings. The van der Waals surface area contributed by atoms with Crippen LogP contribution in [0.25, 0.3) is 0 Å². The third-order valence-electron chi connectivity index (χ3n) is 3.60. The summed E-state index contributed by atoms with van der Waals surface area (Å²) in [5, 5.41) is 11.5. The number of hydrogen-bond acceptors (Lipinski definition) is 6. The first-order chi connectivity index (χ1) is 11.6. The minimum Gasteiger partial charge on any atom is -0.377 e. The van der Waals surface area contributed by atoms with Crippen molar-refractivity contribution in [1.29, 1.82) is 0 Å². The third kappa shape index (κ3) is 3.57. The Labute approximate surface area is 141 Å². The molecule has 1 saturated heterocycles. The predicted molar refractivity (Wildman–Crippen MR) is 86.1 cm³/mol. The maximum Gasteiger partial charge on any atom is 0.231 e. The highest BCUT2D eigenvalue weighted by Crippen LogP contribution is 2.26. The lowest BCUT2D eigenvalue weighted by atomic mass is 10.1. The molecule has 0 bridgehead atoms. The van der Waals surface area contributed by atoms with Crippen molar-refractivity contribution in [1.82, 2.24) is 10.2 Å². The molecule has 0 radical (unpaired) electrons. The smallest absolute Gasteiger partial charge is 0.231 e. The number of methoxy groups -OCH3 is 1. The van der Waals surface area contributed by atoms with E-state index in [1.54, 1.807) is 7.11 Å². The van der Waals surface area contributed by atoms with Crippen molar-refractivity contribution in [2.24, 2.45) is 5.92 Å². The molecule has 7 nitrogen and oxygen atoms in total. The van der Waals surface area contributed by atoms with Crippen LogP contribution in [0.4, 0.5) is 15.2 Å². The topological polar surface area (TPSA) is 84.4 Å². The number of hydrogen-bond donors (Lipinski definition) is 1. The van der Waals surface area contributed by atoms with Crippen LogP contribution >= 0.6 is 11.3 Å². The summed E-state index contributed by atoms with van der Waals surface area (Å²) in [5.74, 6) is -1.31. The molecule has 1 aliphatic heterocycles. The van der Waals surface area contributed by atoms with Crippen LogP contribution in [0.1, 0.15) is 11.4 Å². The number of nitrogens with one attached hydrogen (secondary N) is 1. The standard InChI is InChI=1S/C15H15FN4O3S/c1-23-8-12-18-19-15(24-12)17-14(22)9-6-13(21)20(7-9)11-4-2-10(16)3-5-11/h2-5,9H,6-8H2,1H3,(H,17,19,22)/t9-/m0/s1. The number of ether oxygens (including phenoxy) is 1. The fraction of sp³-hybridized carbons (Fsp3) is 0.333. The molecule has 24 heavy (non-hydrogen) atoms. The van der Waals surface area contributed by atoms with Crippen LogP contribution in [0, 0.1) is 11.7 Å². The molecule has 0 aliphatic carbocycles. The lowest BCUT2D eigenvalue weighted by Gasteiger charge is -2.16. The van der Waals surface area contributed by atoms with Gasteiger partial charge < -0.3 is 15.0 Å². The summed E-state index contributed by atoms with van der Waals surface area (Å²) >= 11 is 1.22. The number of benzene rings is 1. The molecule has 2 heterocycles. The maximum absolute atomic E-state index is 13.0. The zero-order valence-corrected chi connectivity index (χ0v) is 13.7. The molecule has 2 amide bonds. The van der Waals surface area contributed by atoms with Gasteiger partial charge in [0.1, 0.15) is 17.4 Å². The summed E-state index contributed by atoms with van der Waals surface area (Å²) in [4.78, 5) is 25.9. The van der Waals surface area contributed by atoms with Crippen molar-refractivity contribution >= 4 is 34.0 Å². The summed E-state index contributed by atoms with van der Waals surface area (Å²) in [7, 11) is 1.55.